The van der Waals surface area contributed by atoms with Gasteiger partial charge in [0.15, 0.2) is 0 Å². The summed E-state index contributed by atoms with van der Waals surface area (Å²) in [6, 6.07) is 3.06. The molecular formula is C8H8F3NO. The molecule has 0 aliphatic carbocycles. The van der Waals surface area contributed by atoms with Crippen molar-refractivity contribution in [1.82, 2.24) is 0 Å². The summed E-state index contributed by atoms with van der Waals surface area (Å²) >= 11 is 0. The van der Waals surface area contributed by atoms with E-state index < -0.39 is 17.5 Å². The molecule has 0 aliphatic heterocycles. The number of hydrogen-bond donors (Lipinski definition) is 2. The third-order valence-corrected chi connectivity index (χ3v) is 1.58. The zero-order chi connectivity index (χ0) is 10.1. The van der Waals surface area contributed by atoms with E-state index in [4.69, 9.17) is 5.11 Å². The van der Waals surface area contributed by atoms with Crippen molar-refractivity contribution in [2.24, 2.45) is 0 Å². The van der Waals surface area contributed by atoms with Crippen molar-refractivity contribution < 1.29 is 18.3 Å². The van der Waals surface area contributed by atoms with Crippen LogP contribution in [-0.4, -0.2) is 12.2 Å². The first-order valence-electron chi connectivity index (χ1n) is 3.53. The Hall–Kier alpha value is -1.39. The van der Waals surface area contributed by atoms with Crippen LogP contribution in [0.15, 0.2) is 18.2 Å². The average Bonchev–Trinajstić information content (AvgIpc) is 2.03. The monoisotopic (exact) mass is 191 g/mol. The molecule has 0 saturated carbocycles. The van der Waals surface area contributed by atoms with Gasteiger partial charge in [-0.05, 0) is 18.2 Å². The first-order valence-corrected chi connectivity index (χ1v) is 3.53. The lowest BCUT2D eigenvalue weighted by molar-refractivity contribution is -0.137. The number of benzene rings is 1. The van der Waals surface area contributed by atoms with Crippen LogP contribution in [0.2, 0.25) is 0 Å². The SMILES string of the molecule is CNc1ccc(O)cc1C(F)(F)F. The van der Waals surface area contributed by atoms with E-state index >= 15 is 0 Å². The number of rotatable bonds is 1. The van der Waals surface area contributed by atoms with Crippen LogP contribution in [-0.2, 0) is 6.18 Å². The predicted octanol–water partition coefficient (Wildman–Crippen LogP) is 2.45. The highest BCUT2D eigenvalue weighted by Gasteiger charge is 2.33. The number of alkyl halides is 3. The van der Waals surface area contributed by atoms with Crippen molar-refractivity contribution in [3.63, 3.8) is 0 Å². The van der Waals surface area contributed by atoms with Crippen molar-refractivity contribution in [2.75, 3.05) is 12.4 Å². The molecule has 0 spiro atoms. The summed E-state index contributed by atoms with van der Waals surface area (Å²) in [7, 11) is 1.39. The van der Waals surface area contributed by atoms with E-state index in [2.05, 4.69) is 5.32 Å². The number of halogens is 3. The van der Waals surface area contributed by atoms with Crippen molar-refractivity contribution in [3.8, 4) is 5.75 Å². The Labute approximate surface area is 73.0 Å². The summed E-state index contributed by atoms with van der Waals surface area (Å²) in [4.78, 5) is 0. The molecule has 0 atom stereocenters. The molecule has 0 amide bonds. The van der Waals surface area contributed by atoms with Gasteiger partial charge in [0.25, 0.3) is 0 Å². The van der Waals surface area contributed by atoms with Gasteiger partial charge in [-0.1, -0.05) is 0 Å². The fraction of sp³-hybridized carbons (Fsp3) is 0.250. The van der Waals surface area contributed by atoms with Crippen LogP contribution in [0, 0.1) is 0 Å². The van der Waals surface area contributed by atoms with Crippen LogP contribution in [0.4, 0.5) is 18.9 Å². The van der Waals surface area contributed by atoms with E-state index in [1.165, 1.54) is 19.2 Å². The molecule has 2 nitrogen and oxygen atoms in total. The van der Waals surface area contributed by atoms with Crippen LogP contribution < -0.4 is 5.32 Å². The second-order valence-electron chi connectivity index (χ2n) is 2.48. The number of aromatic hydroxyl groups is 1. The molecule has 0 aromatic heterocycles. The minimum Gasteiger partial charge on any atom is -0.508 e. The first-order chi connectivity index (χ1) is 5.95. The molecular weight excluding hydrogens is 183 g/mol. The largest absolute Gasteiger partial charge is 0.508 e. The fourth-order valence-electron chi connectivity index (χ4n) is 0.985. The second-order valence-corrected chi connectivity index (χ2v) is 2.48. The number of nitrogens with one attached hydrogen (secondary N) is 1. The highest BCUT2D eigenvalue weighted by molar-refractivity contribution is 5.54. The molecule has 1 aromatic rings. The maximum absolute atomic E-state index is 12.3. The number of anilines is 1. The van der Waals surface area contributed by atoms with Crippen LogP contribution in [0.1, 0.15) is 5.56 Å². The van der Waals surface area contributed by atoms with Crippen LogP contribution in [0.5, 0.6) is 5.75 Å². The summed E-state index contributed by atoms with van der Waals surface area (Å²) in [5.41, 5.74) is -0.916. The van der Waals surface area contributed by atoms with Gasteiger partial charge in [0.05, 0.1) is 5.56 Å². The summed E-state index contributed by atoms with van der Waals surface area (Å²) in [5.74, 6) is -0.397. The molecule has 0 saturated heterocycles. The molecule has 13 heavy (non-hydrogen) atoms. The fourth-order valence-corrected chi connectivity index (χ4v) is 0.985. The Balaban J connectivity index is 3.24. The van der Waals surface area contributed by atoms with Crippen molar-refractivity contribution in [3.05, 3.63) is 23.8 Å². The molecule has 0 heterocycles. The van der Waals surface area contributed by atoms with Gasteiger partial charge in [0.1, 0.15) is 5.75 Å². The standard InChI is InChI=1S/C8H8F3NO/c1-12-7-3-2-5(13)4-6(7)8(9,10)11/h2-4,12-13H,1H3. The summed E-state index contributed by atoms with van der Waals surface area (Å²) < 4.78 is 36.8. The highest BCUT2D eigenvalue weighted by Crippen LogP contribution is 2.36. The number of phenolic OH excluding ortho intramolecular Hbond substituents is 1. The molecule has 72 valence electrons. The van der Waals surface area contributed by atoms with Gasteiger partial charge in [0, 0.05) is 12.7 Å². The molecule has 0 radical (unpaired) electrons. The Kier molecular flexibility index (Phi) is 2.36. The van der Waals surface area contributed by atoms with E-state index in [9.17, 15) is 13.2 Å². The van der Waals surface area contributed by atoms with E-state index in [0.717, 1.165) is 0 Å². The number of hydrogen-bond acceptors (Lipinski definition) is 2. The maximum atomic E-state index is 12.3. The Morgan fingerprint density at radius 2 is 1.92 bits per heavy atom. The first kappa shape index (κ1) is 9.70. The van der Waals surface area contributed by atoms with Gasteiger partial charge in [-0.3, -0.25) is 0 Å². The average molecular weight is 191 g/mol. The van der Waals surface area contributed by atoms with Gasteiger partial charge >= 0.3 is 6.18 Å². The molecule has 0 aliphatic rings. The van der Waals surface area contributed by atoms with Crippen LogP contribution in [0.25, 0.3) is 0 Å². The third-order valence-electron chi connectivity index (χ3n) is 1.58. The van der Waals surface area contributed by atoms with Crippen LogP contribution in [0.3, 0.4) is 0 Å². The van der Waals surface area contributed by atoms with Gasteiger partial charge in [-0.25, -0.2) is 0 Å². The van der Waals surface area contributed by atoms with Gasteiger partial charge in [-0.15, -0.1) is 0 Å². The predicted molar refractivity (Wildman–Crippen MR) is 42.7 cm³/mol. The van der Waals surface area contributed by atoms with Crippen molar-refractivity contribution in [1.29, 1.82) is 0 Å². The second kappa shape index (κ2) is 3.16. The van der Waals surface area contributed by atoms with Crippen molar-refractivity contribution in [2.45, 2.75) is 6.18 Å². The lowest BCUT2D eigenvalue weighted by Crippen LogP contribution is -2.08. The van der Waals surface area contributed by atoms with Gasteiger partial charge < -0.3 is 10.4 Å². The molecule has 1 aromatic carbocycles. The van der Waals surface area contributed by atoms with E-state index in [-0.39, 0.29) is 5.69 Å². The molecule has 0 fully saturated rings. The minimum absolute atomic E-state index is 0.0506. The highest BCUT2D eigenvalue weighted by atomic mass is 19.4. The Morgan fingerprint density at radius 3 is 2.38 bits per heavy atom. The van der Waals surface area contributed by atoms with E-state index in [0.29, 0.717) is 6.07 Å². The molecule has 0 unspecified atom stereocenters. The zero-order valence-electron chi connectivity index (χ0n) is 6.81. The topological polar surface area (TPSA) is 32.3 Å². The molecule has 1 rings (SSSR count). The zero-order valence-corrected chi connectivity index (χ0v) is 6.81. The Bertz CT molecular complexity index is 309. The minimum atomic E-state index is -4.45. The third kappa shape index (κ3) is 2.05. The number of phenols is 1. The van der Waals surface area contributed by atoms with Crippen molar-refractivity contribution >= 4 is 5.69 Å². The lowest BCUT2D eigenvalue weighted by atomic mass is 10.1. The Morgan fingerprint density at radius 1 is 1.31 bits per heavy atom. The normalized spacial score (nSPS) is 11.4. The molecule has 5 heteroatoms. The summed E-state index contributed by atoms with van der Waals surface area (Å²) in [6.45, 7) is 0. The lowest BCUT2D eigenvalue weighted by Gasteiger charge is -2.12. The van der Waals surface area contributed by atoms with E-state index in [1.807, 2.05) is 0 Å². The quantitative estimate of drug-likeness (QED) is 0.668. The maximum Gasteiger partial charge on any atom is 0.418 e. The molecule has 2 N–H and O–H groups in total. The summed E-state index contributed by atoms with van der Waals surface area (Å²) in [6.07, 6.45) is -4.45. The molecule has 0 bridgehead atoms. The summed E-state index contributed by atoms with van der Waals surface area (Å²) in [5, 5.41) is 11.3. The van der Waals surface area contributed by atoms with Gasteiger partial charge in [-0.2, -0.15) is 13.2 Å². The van der Waals surface area contributed by atoms with E-state index in [1.54, 1.807) is 0 Å². The van der Waals surface area contributed by atoms with Gasteiger partial charge in [0.2, 0.25) is 0 Å². The smallest absolute Gasteiger partial charge is 0.418 e. The van der Waals surface area contributed by atoms with Crippen LogP contribution >= 0.6 is 0 Å².